The lowest BCUT2D eigenvalue weighted by molar-refractivity contribution is -0.144. The van der Waals surface area contributed by atoms with Gasteiger partial charge in [-0.2, -0.15) is 0 Å². The van der Waals surface area contributed by atoms with Crippen molar-refractivity contribution in [3.63, 3.8) is 0 Å². The van der Waals surface area contributed by atoms with E-state index in [0.717, 1.165) is 19.2 Å². The molecular weight excluding hydrogens is 262 g/mol. The molecule has 3 saturated heterocycles. The summed E-state index contributed by atoms with van der Waals surface area (Å²) in [7, 11) is 4.47. The zero-order chi connectivity index (χ0) is 15.3. The van der Waals surface area contributed by atoms with E-state index in [9.17, 15) is 0 Å². The molecule has 3 rings (SSSR count). The minimum atomic E-state index is 0.175. The first-order valence-corrected chi connectivity index (χ1v) is 8.92. The average Bonchev–Trinajstić information content (AvgIpc) is 2.53. The van der Waals surface area contributed by atoms with Crippen LogP contribution in [0.4, 0.5) is 0 Å². The first-order chi connectivity index (χ1) is 10.2. The quantitative estimate of drug-likeness (QED) is 0.736. The summed E-state index contributed by atoms with van der Waals surface area (Å²) >= 11 is 0. The maximum Gasteiger partial charge on any atom is 0.0833 e. The molecule has 4 nitrogen and oxygen atoms in total. The van der Waals surface area contributed by atoms with Gasteiger partial charge < -0.3 is 14.5 Å². The summed E-state index contributed by atoms with van der Waals surface area (Å²) in [5.41, 5.74) is 0.175. The molecule has 0 aromatic rings. The fraction of sp³-hybridized carbons (Fsp3) is 1.00. The summed E-state index contributed by atoms with van der Waals surface area (Å²) in [6, 6.07) is 0.802. The van der Waals surface area contributed by atoms with Gasteiger partial charge in [0.05, 0.1) is 12.2 Å². The first-order valence-electron chi connectivity index (χ1n) is 8.92. The molecule has 4 heteroatoms. The topological polar surface area (TPSA) is 19.0 Å². The highest BCUT2D eigenvalue weighted by Gasteiger charge is 2.40. The molecule has 0 bridgehead atoms. The third kappa shape index (κ3) is 4.41. The highest BCUT2D eigenvalue weighted by atomic mass is 16.5. The Hall–Kier alpha value is -0.160. The maximum absolute atomic E-state index is 6.22. The zero-order valence-corrected chi connectivity index (χ0v) is 14.6. The molecule has 0 amide bonds. The minimum absolute atomic E-state index is 0.175. The first kappa shape index (κ1) is 17.2. The van der Waals surface area contributed by atoms with Crippen molar-refractivity contribution >= 4 is 0 Å². The van der Waals surface area contributed by atoms with Gasteiger partial charge in [0.15, 0.2) is 0 Å². The van der Waals surface area contributed by atoms with Gasteiger partial charge in [-0.25, -0.2) is 0 Å². The van der Waals surface area contributed by atoms with Gasteiger partial charge in [0.2, 0.25) is 0 Å². The molecule has 21 heavy (non-hydrogen) atoms. The summed E-state index contributed by atoms with van der Waals surface area (Å²) in [5, 5.41) is 0. The molecular formula is C17H35N3O. The average molecular weight is 297 g/mol. The second kappa shape index (κ2) is 7.91. The van der Waals surface area contributed by atoms with Gasteiger partial charge in [0, 0.05) is 32.2 Å². The van der Waals surface area contributed by atoms with E-state index in [1.807, 2.05) is 13.8 Å². The smallest absolute Gasteiger partial charge is 0.0833 e. The van der Waals surface area contributed by atoms with E-state index in [2.05, 4.69) is 28.8 Å². The molecule has 0 radical (unpaired) electrons. The summed E-state index contributed by atoms with van der Waals surface area (Å²) in [4.78, 5) is 7.63. The molecule has 0 aromatic carbocycles. The van der Waals surface area contributed by atoms with Crippen molar-refractivity contribution in [2.24, 2.45) is 0 Å². The minimum Gasteiger partial charge on any atom is -0.372 e. The SMILES string of the molecule is CC.CN1CCC(N2CCOC3(CCN(C)CC3)C2)CC1. The number of rotatable bonds is 1. The molecule has 0 aromatic heterocycles. The Morgan fingerprint density at radius 2 is 1.43 bits per heavy atom. The molecule has 0 N–H and O–H groups in total. The second-order valence-corrected chi connectivity index (χ2v) is 6.84. The van der Waals surface area contributed by atoms with Crippen molar-refractivity contribution in [1.29, 1.82) is 0 Å². The third-order valence-corrected chi connectivity index (χ3v) is 5.38. The van der Waals surface area contributed by atoms with E-state index in [-0.39, 0.29) is 5.60 Å². The number of ether oxygens (including phenoxy) is 1. The van der Waals surface area contributed by atoms with Crippen molar-refractivity contribution in [2.45, 2.75) is 51.2 Å². The van der Waals surface area contributed by atoms with Crippen LogP contribution in [0, 0.1) is 0 Å². The third-order valence-electron chi connectivity index (χ3n) is 5.38. The van der Waals surface area contributed by atoms with E-state index in [1.165, 1.54) is 58.4 Å². The highest BCUT2D eigenvalue weighted by molar-refractivity contribution is 4.94. The standard InChI is InChI=1S/C15H29N3O.C2H6/c1-16-7-3-14(4-8-16)18-11-12-19-15(13-18)5-9-17(2)10-6-15;1-2/h14H,3-13H2,1-2H3;1-2H3. The van der Waals surface area contributed by atoms with Crippen LogP contribution in [0.15, 0.2) is 0 Å². The number of piperidine rings is 2. The Bertz CT molecular complexity index is 294. The maximum atomic E-state index is 6.22. The van der Waals surface area contributed by atoms with Gasteiger partial charge in [0.1, 0.15) is 0 Å². The van der Waals surface area contributed by atoms with E-state index in [0.29, 0.717) is 0 Å². The van der Waals surface area contributed by atoms with Crippen LogP contribution in [0.2, 0.25) is 0 Å². The predicted octanol–water partition coefficient (Wildman–Crippen LogP) is 1.90. The summed E-state index contributed by atoms with van der Waals surface area (Å²) in [6.07, 6.45) is 5.11. The Balaban J connectivity index is 0.000000774. The lowest BCUT2D eigenvalue weighted by atomic mass is 9.88. The molecule has 0 atom stereocenters. The van der Waals surface area contributed by atoms with E-state index in [4.69, 9.17) is 4.74 Å². The van der Waals surface area contributed by atoms with E-state index in [1.54, 1.807) is 0 Å². The Kier molecular flexibility index (Phi) is 6.48. The zero-order valence-electron chi connectivity index (χ0n) is 14.6. The van der Waals surface area contributed by atoms with Crippen molar-refractivity contribution in [1.82, 2.24) is 14.7 Å². The van der Waals surface area contributed by atoms with Crippen LogP contribution in [-0.2, 0) is 4.74 Å². The Morgan fingerprint density at radius 3 is 2.05 bits per heavy atom. The molecule has 3 aliphatic rings. The van der Waals surface area contributed by atoms with Crippen LogP contribution in [0.1, 0.15) is 39.5 Å². The Morgan fingerprint density at radius 1 is 0.857 bits per heavy atom. The molecule has 0 unspecified atom stereocenters. The number of likely N-dealkylation sites (tertiary alicyclic amines) is 2. The van der Waals surface area contributed by atoms with Crippen LogP contribution in [0.3, 0.4) is 0 Å². The van der Waals surface area contributed by atoms with E-state index >= 15 is 0 Å². The summed E-state index contributed by atoms with van der Waals surface area (Å²) in [6.45, 7) is 12.2. The molecule has 3 fully saturated rings. The normalized spacial score (nSPS) is 29.1. The van der Waals surface area contributed by atoms with Gasteiger partial charge >= 0.3 is 0 Å². The second-order valence-electron chi connectivity index (χ2n) is 6.84. The molecule has 3 heterocycles. The lowest BCUT2D eigenvalue weighted by Gasteiger charge is -2.49. The predicted molar refractivity (Wildman–Crippen MR) is 88.9 cm³/mol. The molecule has 0 saturated carbocycles. The summed E-state index contributed by atoms with van der Waals surface area (Å²) in [5.74, 6) is 0. The van der Waals surface area contributed by atoms with Gasteiger partial charge in [-0.1, -0.05) is 13.8 Å². The van der Waals surface area contributed by atoms with Gasteiger partial charge in [-0.3, -0.25) is 4.90 Å². The van der Waals surface area contributed by atoms with Crippen LogP contribution in [0.5, 0.6) is 0 Å². The number of hydrogen-bond acceptors (Lipinski definition) is 4. The van der Waals surface area contributed by atoms with Crippen molar-refractivity contribution in [3.05, 3.63) is 0 Å². The van der Waals surface area contributed by atoms with E-state index < -0.39 is 0 Å². The van der Waals surface area contributed by atoms with Crippen molar-refractivity contribution in [3.8, 4) is 0 Å². The molecule has 0 aliphatic carbocycles. The van der Waals surface area contributed by atoms with Crippen LogP contribution < -0.4 is 0 Å². The van der Waals surface area contributed by atoms with Gasteiger partial charge in [-0.15, -0.1) is 0 Å². The summed E-state index contributed by atoms with van der Waals surface area (Å²) < 4.78 is 6.22. The monoisotopic (exact) mass is 297 g/mol. The lowest BCUT2D eigenvalue weighted by Crippen LogP contribution is -2.59. The van der Waals surface area contributed by atoms with Crippen LogP contribution >= 0.6 is 0 Å². The van der Waals surface area contributed by atoms with Crippen LogP contribution in [0.25, 0.3) is 0 Å². The number of nitrogens with zero attached hydrogens (tertiary/aromatic N) is 3. The number of hydrogen-bond donors (Lipinski definition) is 0. The fourth-order valence-corrected chi connectivity index (χ4v) is 3.87. The Labute approximate surface area is 131 Å². The van der Waals surface area contributed by atoms with Gasteiger partial charge in [-0.05, 0) is 52.9 Å². The highest BCUT2D eigenvalue weighted by Crippen LogP contribution is 2.31. The fourth-order valence-electron chi connectivity index (χ4n) is 3.87. The van der Waals surface area contributed by atoms with Crippen molar-refractivity contribution in [2.75, 3.05) is 60.0 Å². The molecule has 124 valence electrons. The molecule has 1 spiro atoms. The number of morpholine rings is 1. The largest absolute Gasteiger partial charge is 0.372 e. The van der Waals surface area contributed by atoms with Gasteiger partial charge in [0.25, 0.3) is 0 Å². The van der Waals surface area contributed by atoms with Crippen LogP contribution in [-0.4, -0.2) is 86.3 Å². The molecule has 3 aliphatic heterocycles. The van der Waals surface area contributed by atoms with Crippen molar-refractivity contribution < 1.29 is 4.74 Å².